The fourth-order valence-corrected chi connectivity index (χ4v) is 2.77. The third kappa shape index (κ3) is 2.63. The molecule has 5 heteroatoms. The van der Waals surface area contributed by atoms with Gasteiger partial charge in [0.2, 0.25) is 5.91 Å². The zero-order chi connectivity index (χ0) is 15.5. The van der Waals surface area contributed by atoms with Crippen LogP contribution in [0.25, 0.3) is 0 Å². The lowest BCUT2D eigenvalue weighted by Gasteiger charge is -2.18. The number of nitriles is 1. The van der Waals surface area contributed by atoms with Crippen molar-refractivity contribution in [1.29, 1.82) is 5.26 Å². The molecular weight excluding hydrogens is 276 g/mol. The number of nitrogens with two attached hydrogens (primary N) is 1. The van der Waals surface area contributed by atoms with Crippen LogP contribution in [-0.4, -0.2) is 22.3 Å². The van der Waals surface area contributed by atoms with Crippen molar-refractivity contribution < 1.29 is 4.79 Å². The Hall–Kier alpha value is -2.87. The number of pyridine rings is 1. The minimum absolute atomic E-state index is 0.0699. The summed E-state index contributed by atoms with van der Waals surface area (Å²) >= 11 is 0. The molecule has 1 unspecified atom stereocenters. The average Bonchev–Trinajstić information content (AvgIpc) is 2.91. The Kier molecular flexibility index (Phi) is 3.75. The highest BCUT2D eigenvalue weighted by Gasteiger charge is 2.33. The Balaban J connectivity index is 1.78. The van der Waals surface area contributed by atoms with Crippen molar-refractivity contribution in [2.45, 2.75) is 18.9 Å². The van der Waals surface area contributed by atoms with Gasteiger partial charge >= 0.3 is 0 Å². The third-order valence-corrected chi connectivity index (χ3v) is 3.98. The lowest BCUT2D eigenvalue weighted by atomic mass is 10.0. The Bertz CT molecular complexity index is 736. The van der Waals surface area contributed by atoms with Gasteiger partial charge in [-0.2, -0.15) is 5.26 Å². The second-order valence-electron chi connectivity index (χ2n) is 5.38. The molecule has 2 heterocycles. The minimum atomic E-state index is -0.179. The molecule has 1 aliphatic rings. The molecule has 0 spiro atoms. The molecule has 0 radical (unpaired) electrons. The number of rotatable bonds is 3. The van der Waals surface area contributed by atoms with Crippen molar-refractivity contribution in [2.24, 2.45) is 0 Å². The Morgan fingerprint density at radius 1 is 1.36 bits per heavy atom. The Morgan fingerprint density at radius 2 is 2.23 bits per heavy atom. The second kappa shape index (κ2) is 5.86. The summed E-state index contributed by atoms with van der Waals surface area (Å²) in [5.74, 6) is -0.109. The highest BCUT2D eigenvalue weighted by atomic mass is 16.2. The van der Waals surface area contributed by atoms with Gasteiger partial charge in [-0.1, -0.05) is 6.07 Å². The maximum absolute atomic E-state index is 12.6. The standard InChI is InChI=1S/C17H16N4O/c18-10-12-4-5-15(19)13(9-12)11-21-8-6-14(17(21)22)16-3-1-2-7-20-16/h1-5,7,9,14H,6,8,11,19H2. The molecule has 1 fully saturated rings. The van der Waals surface area contributed by atoms with E-state index in [1.54, 1.807) is 29.3 Å². The number of carbonyl (C=O) groups excluding carboxylic acids is 1. The molecule has 110 valence electrons. The van der Waals surface area contributed by atoms with Crippen LogP contribution < -0.4 is 5.73 Å². The number of likely N-dealkylation sites (tertiary alicyclic amines) is 1. The van der Waals surface area contributed by atoms with Crippen LogP contribution >= 0.6 is 0 Å². The van der Waals surface area contributed by atoms with Crippen LogP contribution in [0.15, 0.2) is 42.6 Å². The molecule has 1 amide bonds. The monoisotopic (exact) mass is 292 g/mol. The van der Waals surface area contributed by atoms with Gasteiger partial charge in [-0.15, -0.1) is 0 Å². The number of aromatic nitrogens is 1. The molecule has 2 N–H and O–H groups in total. The molecular formula is C17H16N4O. The van der Waals surface area contributed by atoms with E-state index in [-0.39, 0.29) is 11.8 Å². The fourth-order valence-electron chi connectivity index (χ4n) is 2.77. The molecule has 3 rings (SSSR count). The number of anilines is 1. The molecule has 1 saturated heterocycles. The van der Waals surface area contributed by atoms with Crippen LogP contribution in [0.4, 0.5) is 5.69 Å². The largest absolute Gasteiger partial charge is 0.398 e. The second-order valence-corrected chi connectivity index (χ2v) is 5.38. The van der Waals surface area contributed by atoms with Crippen LogP contribution in [0, 0.1) is 11.3 Å². The molecule has 1 atom stereocenters. The topological polar surface area (TPSA) is 83.0 Å². The van der Waals surface area contributed by atoms with Crippen molar-refractivity contribution in [1.82, 2.24) is 9.88 Å². The molecule has 1 aromatic heterocycles. The van der Waals surface area contributed by atoms with Crippen molar-refractivity contribution in [3.8, 4) is 6.07 Å². The lowest BCUT2D eigenvalue weighted by molar-refractivity contribution is -0.129. The van der Waals surface area contributed by atoms with E-state index in [1.807, 2.05) is 18.2 Å². The Morgan fingerprint density at radius 3 is 2.95 bits per heavy atom. The predicted octanol–water partition coefficient (Wildman–Crippen LogP) is 2.05. The third-order valence-electron chi connectivity index (χ3n) is 3.98. The first-order chi connectivity index (χ1) is 10.7. The van der Waals surface area contributed by atoms with Gasteiger partial charge in [0.05, 0.1) is 23.2 Å². The van der Waals surface area contributed by atoms with Gasteiger partial charge in [-0.05, 0) is 42.3 Å². The summed E-state index contributed by atoms with van der Waals surface area (Å²) < 4.78 is 0. The number of carbonyl (C=O) groups is 1. The zero-order valence-electron chi connectivity index (χ0n) is 12.1. The first-order valence-electron chi connectivity index (χ1n) is 7.17. The van der Waals surface area contributed by atoms with Gasteiger partial charge in [-0.3, -0.25) is 9.78 Å². The van der Waals surface area contributed by atoms with Gasteiger partial charge in [0.15, 0.2) is 0 Å². The molecule has 22 heavy (non-hydrogen) atoms. The van der Waals surface area contributed by atoms with Gasteiger partial charge in [0, 0.05) is 25.0 Å². The van der Waals surface area contributed by atoms with E-state index in [0.29, 0.717) is 24.3 Å². The zero-order valence-corrected chi connectivity index (χ0v) is 12.1. The van der Waals surface area contributed by atoms with Gasteiger partial charge in [-0.25, -0.2) is 0 Å². The summed E-state index contributed by atoms with van der Waals surface area (Å²) in [5, 5.41) is 8.98. The van der Waals surface area contributed by atoms with Gasteiger partial charge < -0.3 is 10.6 Å². The van der Waals surface area contributed by atoms with E-state index in [4.69, 9.17) is 11.0 Å². The number of amides is 1. The summed E-state index contributed by atoms with van der Waals surface area (Å²) in [6.45, 7) is 1.11. The van der Waals surface area contributed by atoms with Crippen molar-refractivity contribution in [3.63, 3.8) is 0 Å². The Labute approximate surface area is 129 Å². The first kappa shape index (κ1) is 14.1. The lowest BCUT2D eigenvalue weighted by Crippen LogP contribution is -2.27. The number of hydrogen-bond donors (Lipinski definition) is 1. The summed E-state index contributed by atoms with van der Waals surface area (Å²) in [6, 6.07) is 12.9. The van der Waals surface area contributed by atoms with Gasteiger partial charge in [0.25, 0.3) is 0 Å². The quantitative estimate of drug-likeness (QED) is 0.878. The van der Waals surface area contributed by atoms with Crippen LogP contribution in [-0.2, 0) is 11.3 Å². The van der Waals surface area contributed by atoms with E-state index in [0.717, 1.165) is 17.7 Å². The van der Waals surface area contributed by atoms with E-state index in [2.05, 4.69) is 11.1 Å². The smallest absolute Gasteiger partial charge is 0.232 e. The molecule has 2 aromatic rings. The van der Waals surface area contributed by atoms with E-state index in [9.17, 15) is 4.79 Å². The SMILES string of the molecule is N#Cc1ccc(N)c(CN2CCC(c3ccccn3)C2=O)c1. The predicted molar refractivity (Wildman–Crippen MR) is 82.6 cm³/mol. The maximum Gasteiger partial charge on any atom is 0.232 e. The number of nitrogens with zero attached hydrogens (tertiary/aromatic N) is 3. The summed E-state index contributed by atoms with van der Waals surface area (Å²) in [7, 11) is 0. The molecule has 0 bridgehead atoms. The van der Waals surface area contributed by atoms with Crippen LogP contribution in [0.3, 0.4) is 0 Å². The maximum atomic E-state index is 12.6. The summed E-state index contributed by atoms with van der Waals surface area (Å²) in [4.78, 5) is 18.6. The van der Waals surface area contributed by atoms with Gasteiger partial charge in [0.1, 0.15) is 0 Å². The average molecular weight is 292 g/mol. The van der Waals surface area contributed by atoms with Crippen LogP contribution in [0.5, 0.6) is 0 Å². The van der Waals surface area contributed by atoms with Crippen LogP contribution in [0.1, 0.15) is 29.2 Å². The molecule has 1 aromatic carbocycles. The van der Waals surface area contributed by atoms with E-state index >= 15 is 0 Å². The molecule has 0 aliphatic carbocycles. The van der Waals surface area contributed by atoms with Crippen molar-refractivity contribution >= 4 is 11.6 Å². The minimum Gasteiger partial charge on any atom is -0.398 e. The van der Waals surface area contributed by atoms with Crippen molar-refractivity contribution in [2.75, 3.05) is 12.3 Å². The molecule has 5 nitrogen and oxygen atoms in total. The summed E-state index contributed by atoms with van der Waals surface area (Å²) in [5.41, 5.74) is 8.74. The number of nitrogen functional groups attached to an aromatic ring is 1. The molecule has 1 aliphatic heterocycles. The van der Waals surface area contributed by atoms with Crippen molar-refractivity contribution in [3.05, 3.63) is 59.4 Å². The number of hydrogen-bond acceptors (Lipinski definition) is 4. The molecule has 0 saturated carbocycles. The normalized spacial score (nSPS) is 17.5. The van der Waals surface area contributed by atoms with E-state index in [1.165, 1.54) is 0 Å². The summed E-state index contributed by atoms with van der Waals surface area (Å²) in [6.07, 6.45) is 2.47. The van der Waals surface area contributed by atoms with E-state index < -0.39 is 0 Å². The highest BCUT2D eigenvalue weighted by Crippen LogP contribution is 2.29. The first-order valence-corrected chi connectivity index (χ1v) is 7.17. The number of benzene rings is 1. The van der Waals surface area contributed by atoms with Crippen LogP contribution in [0.2, 0.25) is 0 Å². The fraction of sp³-hybridized carbons (Fsp3) is 0.235. The highest BCUT2D eigenvalue weighted by molar-refractivity contribution is 5.85.